The largest absolute Gasteiger partial charge is 0.351 e. The quantitative estimate of drug-likeness (QED) is 0.860. The highest BCUT2D eigenvalue weighted by atomic mass is 35.5. The van der Waals surface area contributed by atoms with Crippen LogP contribution in [-0.4, -0.2) is 30.5 Å². The molecule has 0 aliphatic carbocycles. The van der Waals surface area contributed by atoms with Crippen LogP contribution in [0.25, 0.3) is 10.6 Å². The van der Waals surface area contributed by atoms with Gasteiger partial charge in [0.25, 0.3) is 5.91 Å². The van der Waals surface area contributed by atoms with Crippen LogP contribution < -0.4 is 10.6 Å². The van der Waals surface area contributed by atoms with E-state index in [4.69, 9.17) is 0 Å². The van der Waals surface area contributed by atoms with Crippen LogP contribution in [0, 0.1) is 18.7 Å². The van der Waals surface area contributed by atoms with E-state index in [0.717, 1.165) is 23.7 Å². The first kappa shape index (κ1) is 19.8. The van der Waals surface area contributed by atoms with Crippen molar-refractivity contribution >= 4 is 42.1 Å². The number of rotatable bonds is 4. The molecule has 126 valence electrons. The summed E-state index contributed by atoms with van der Waals surface area (Å²) in [5.41, 5.74) is 1.54. The number of hydrogen-bond donors (Lipinski definition) is 2. The monoisotopic (exact) mass is 377 g/mol. The zero-order chi connectivity index (χ0) is 14.8. The molecule has 4 nitrogen and oxygen atoms in total. The Morgan fingerprint density at radius 3 is 2.57 bits per heavy atom. The van der Waals surface area contributed by atoms with Crippen LogP contribution in [0.5, 0.6) is 0 Å². The molecule has 0 unspecified atom stereocenters. The van der Waals surface area contributed by atoms with Gasteiger partial charge in [0.2, 0.25) is 0 Å². The molecule has 1 aliphatic heterocycles. The maximum Gasteiger partial charge on any atom is 0.263 e. The maximum atomic E-state index is 12.9. The normalized spacial score (nSPS) is 13.5. The number of carbonyl (C=O) groups excluding carboxylic acids is 1. The molecule has 3 rings (SSSR count). The fourth-order valence-corrected chi connectivity index (χ4v) is 3.12. The van der Waals surface area contributed by atoms with E-state index in [9.17, 15) is 9.18 Å². The SMILES string of the molecule is Cc1nc(-c2ccc(F)cc2)sc1C(=O)NCC1CNC1.Cl.Cl. The molecule has 1 fully saturated rings. The topological polar surface area (TPSA) is 54.0 Å². The second kappa shape index (κ2) is 8.59. The Morgan fingerprint density at radius 2 is 2.00 bits per heavy atom. The van der Waals surface area contributed by atoms with E-state index >= 15 is 0 Å². The van der Waals surface area contributed by atoms with Crippen molar-refractivity contribution in [2.45, 2.75) is 6.92 Å². The van der Waals surface area contributed by atoms with Gasteiger partial charge in [0.15, 0.2) is 0 Å². The summed E-state index contributed by atoms with van der Waals surface area (Å²) in [5.74, 6) is 0.170. The predicted molar refractivity (Wildman–Crippen MR) is 95.4 cm³/mol. The molecule has 2 aromatic rings. The molecule has 0 saturated carbocycles. The molecule has 0 spiro atoms. The summed E-state index contributed by atoms with van der Waals surface area (Å²) in [5, 5.41) is 6.86. The molecular weight excluding hydrogens is 360 g/mol. The van der Waals surface area contributed by atoms with E-state index in [-0.39, 0.29) is 36.5 Å². The van der Waals surface area contributed by atoms with Gasteiger partial charge in [0.05, 0.1) is 5.69 Å². The number of benzene rings is 1. The highest BCUT2D eigenvalue weighted by molar-refractivity contribution is 7.17. The zero-order valence-corrected chi connectivity index (χ0v) is 14.9. The number of halogens is 3. The van der Waals surface area contributed by atoms with E-state index in [2.05, 4.69) is 15.6 Å². The lowest BCUT2D eigenvalue weighted by atomic mass is 10.0. The molecule has 8 heteroatoms. The standard InChI is InChI=1S/C15H16FN3OS.2ClH/c1-9-13(14(20)18-8-10-6-17-7-10)21-15(19-9)11-2-4-12(16)5-3-11;;/h2-5,10,17H,6-8H2,1H3,(H,18,20);2*1H. The van der Waals surface area contributed by atoms with Gasteiger partial charge in [0, 0.05) is 31.1 Å². The van der Waals surface area contributed by atoms with E-state index < -0.39 is 0 Å². The Kier molecular flexibility index (Phi) is 7.41. The Balaban J connectivity index is 0.00000132. The number of nitrogens with zero attached hydrogens (tertiary/aromatic N) is 1. The molecule has 0 atom stereocenters. The summed E-state index contributed by atoms with van der Waals surface area (Å²) in [4.78, 5) is 17.2. The first-order chi connectivity index (χ1) is 10.1. The molecule has 0 bridgehead atoms. The molecule has 0 radical (unpaired) electrons. The van der Waals surface area contributed by atoms with Crippen LogP contribution >= 0.6 is 36.2 Å². The number of aromatic nitrogens is 1. The highest BCUT2D eigenvalue weighted by Gasteiger charge is 2.20. The number of amides is 1. The maximum absolute atomic E-state index is 12.9. The van der Waals surface area contributed by atoms with E-state index in [1.165, 1.54) is 23.5 Å². The summed E-state index contributed by atoms with van der Waals surface area (Å²) in [6.07, 6.45) is 0. The van der Waals surface area contributed by atoms with Gasteiger partial charge in [-0.2, -0.15) is 0 Å². The van der Waals surface area contributed by atoms with Crippen molar-refractivity contribution < 1.29 is 9.18 Å². The smallest absolute Gasteiger partial charge is 0.263 e. The summed E-state index contributed by atoms with van der Waals surface area (Å²) in [6.45, 7) is 4.43. The van der Waals surface area contributed by atoms with Crippen LogP contribution in [0.15, 0.2) is 24.3 Å². The first-order valence-corrected chi connectivity index (χ1v) is 7.67. The van der Waals surface area contributed by atoms with E-state index in [1.807, 2.05) is 6.92 Å². The Labute approximate surface area is 150 Å². The first-order valence-electron chi connectivity index (χ1n) is 6.86. The lowest BCUT2D eigenvalue weighted by Crippen LogP contribution is -2.48. The molecule has 1 amide bonds. The fourth-order valence-electron chi connectivity index (χ4n) is 2.13. The van der Waals surface area contributed by atoms with Gasteiger partial charge in [-0.15, -0.1) is 36.2 Å². The van der Waals surface area contributed by atoms with Crippen molar-refractivity contribution in [3.8, 4) is 10.6 Å². The van der Waals surface area contributed by atoms with Crippen LogP contribution in [0.3, 0.4) is 0 Å². The van der Waals surface area contributed by atoms with Crippen LogP contribution in [0.4, 0.5) is 4.39 Å². The molecule has 1 saturated heterocycles. The number of nitrogens with one attached hydrogen (secondary N) is 2. The van der Waals surface area contributed by atoms with Gasteiger partial charge in [0.1, 0.15) is 15.7 Å². The van der Waals surface area contributed by atoms with Crippen molar-refractivity contribution in [3.05, 3.63) is 40.7 Å². The van der Waals surface area contributed by atoms with Gasteiger partial charge >= 0.3 is 0 Å². The van der Waals surface area contributed by atoms with Crippen LogP contribution in [0.2, 0.25) is 0 Å². The lowest BCUT2D eigenvalue weighted by molar-refractivity contribution is 0.0945. The van der Waals surface area contributed by atoms with Gasteiger partial charge in [-0.05, 0) is 31.2 Å². The van der Waals surface area contributed by atoms with Crippen molar-refractivity contribution in [2.24, 2.45) is 5.92 Å². The number of carbonyl (C=O) groups is 1. The van der Waals surface area contributed by atoms with E-state index in [0.29, 0.717) is 23.0 Å². The Morgan fingerprint density at radius 1 is 1.35 bits per heavy atom. The number of hydrogen-bond acceptors (Lipinski definition) is 4. The molecule has 1 aromatic heterocycles. The summed E-state index contributed by atoms with van der Waals surface area (Å²) < 4.78 is 12.9. The fraction of sp³-hybridized carbons (Fsp3) is 0.333. The molecule has 2 N–H and O–H groups in total. The van der Waals surface area contributed by atoms with Gasteiger partial charge in [-0.25, -0.2) is 9.37 Å². The predicted octanol–water partition coefficient (Wildman–Crippen LogP) is 3.05. The average Bonchev–Trinajstić information content (AvgIpc) is 2.80. The van der Waals surface area contributed by atoms with Crippen molar-refractivity contribution in [1.82, 2.24) is 15.6 Å². The highest BCUT2D eigenvalue weighted by Crippen LogP contribution is 2.28. The van der Waals surface area contributed by atoms with Crippen LogP contribution in [-0.2, 0) is 0 Å². The van der Waals surface area contributed by atoms with Gasteiger partial charge in [-0.1, -0.05) is 0 Å². The van der Waals surface area contributed by atoms with Crippen molar-refractivity contribution in [2.75, 3.05) is 19.6 Å². The molecule has 2 heterocycles. The van der Waals surface area contributed by atoms with Gasteiger partial charge < -0.3 is 10.6 Å². The average molecular weight is 378 g/mol. The molecule has 23 heavy (non-hydrogen) atoms. The minimum Gasteiger partial charge on any atom is -0.351 e. The van der Waals surface area contributed by atoms with Crippen molar-refractivity contribution in [1.29, 1.82) is 0 Å². The van der Waals surface area contributed by atoms with Crippen molar-refractivity contribution in [3.63, 3.8) is 0 Å². The third-order valence-electron chi connectivity index (χ3n) is 3.51. The number of aryl methyl sites for hydroxylation is 1. The third kappa shape index (κ3) is 4.64. The second-order valence-electron chi connectivity index (χ2n) is 5.17. The zero-order valence-electron chi connectivity index (χ0n) is 12.5. The summed E-state index contributed by atoms with van der Waals surface area (Å²) in [7, 11) is 0. The van der Waals surface area contributed by atoms with Crippen LogP contribution in [0.1, 0.15) is 15.4 Å². The summed E-state index contributed by atoms with van der Waals surface area (Å²) >= 11 is 1.34. The number of thiazole rings is 1. The molecular formula is C15H18Cl2FN3OS. The van der Waals surface area contributed by atoms with Gasteiger partial charge in [-0.3, -0.25) is 4.79 Å². The minimum atomic E-state index is -0.279. The minimum absolute atomic E-state index is 0. The Hall–Kier alpha value is -1.21. The summed E-state index contributed by atoms with van der Waals surface area (Å²) in [6, 6.07) is 6.15. The van der Waals surface area contributed by atoms with E-state index in [1.54, 1.807) is 12.1 Å². The Bertz CT molecular complexity index is 659. The molecule has 1 aliphatic rings. The molecule has 1 aromatic carbocycles. The third-order valence-corrected chi connectivity index (χ3v) is 4.72. The lowest BCUT2D eigenvalue weighted by Gasteiger charge is -2.26. The second-order valence-corrected chi connectivity index (χ2v) is 6.17.